The summed E-state index contributed by atoms with van der Waals surface area (Å²) in [6.45, 7) is 9.03. The van der Waals surface area contributed by atoms with Gasteiger partial charge in [0.15, 0.2) is 0 Å². The molecule has 28 heavy (non-hydrogen) atoms. The number of nitrogens with one attached hydrogen (secondary N) is 2. The van der Waals surface area contributed by atoms with Crippen LogP contribution in [0.5, 0.6) is 0 Å². The zero-order valence-corrected chi connectivity index (χ0v) is 16.8. The molecule has 2 rings (SSSR count). The first-order chi connectivity index (χ1) is 13.5. The summed E-state index contributed by atoms with van der Waals surface area (Å²) in [5.74, 6) is -0.544. The Labute approximate surface area is 167 Å². The minimum absolute atomic E-state index is 0.544. The molecule has 1 amide bonds. The lowest BCUT2D eigenvalue weighted by atomic mass is 10.1. The van der Waals surface area contributed by atoms with E-state index in [4.69, 9.17) is 5.21 Å². The molecule has 0 aromatic heterocycles. The van der Waals surface area contributed by atoms with Gasteiger partial charge in [0.05, 0.1) is 0 Å². The fourth-order valence-corrected chi connectivity index (χ4v) is 2.87. The van der Waals surface area contributed by atoms with Crippen LogP contribution in [0.1, 0.15) is 31.9 Å². The smallest absolute Gasteiger partial charge is 0.267 e. The number of carbonyl (C=O) groups is 1. The molecule has 2 aromatic carbocycles. The van der Waals surface area contributed by atoms with E-state index in [-0.39, 0.29) is 0 Å². The minimum atomic E-state index is -0.544. The summed E-state index contributed by atoms with van der Waals surface area (Å²) in [7, 11) is 0. The summed E-state index contributed by atoms with van der Waals surface area (Å²) in [5.41, 5.74) is 7.07. The summed E-state index contributed by atoms with van der Waals surface area (Å²) in [5, 5.41) is 11.9. The van der Waals surface area contributed by atoms with Crippen LogP contribution in [0.4, 0.5) is 11.4 Å². The highest BCUT2D eigenvalue weighted by atomic mass is 16.5. The zero-order valence-electron chi connectivity index (χ0n) is 16.8. The van der Waals surface area contributed by atoms with Crippen LogP contribution >= 0.6 is 0 Å². The highest BCUT2D eigenvalue weighted by molar-refractivity contribution is 5.87. The first-order valence-corrected chi connectivity index (χ1v) is 9.54. The molecular formula is C23H29N3O2. The van der Waals surface area contributed by atoms with Gasteiger partial charge in [-0.1, -0.05) is 42.0 Å². The molecule has 5 nitrogen and oxygen atoms in total. The average molecular weight is 380 g/mol. The predicted octanol–water partition coefficient (Wildman–Crippen LogP) is 4.61. The number of nitrogens with zero attached hydrogens (tertiary/aromatic N) is 1. The lowest BCUT2D eigenvalue weighted by Gasteiger charge is -2.21. The molecule has 2 aromatic rings. The van der Waals surface area contributed by atoms with Crippen molar-refractivity contribution in [1.82, 2.24) is 5.48 Å². The Morgan fingerprint density at radius 1 is 1.00 bits per heavy atom. The molecule has 0 fully saturated rings. The first-order valence-electron chi connectivity index (χ1n) is 9.54. The van der Waals surface area contributed by atoms with E-state index in [1.807, 2.05) is 37.3 Å². The Morgan fingerprint density at radius 2 is 1.64 bits per heavy atom. The molecule has 0 spiro atoms. The quantitative estimate of drug-likeness (QED) is 0.258. The fraction of sp³-hybridized carbons (Fsp3) is 0.261. The lowest BCUT2D eigenvalue weighted by molar-refractivity contribution is -0.124. The van der Waals surface area contributed by atoms with Gasteiger partial charge >= 0.3 is 0 Å². The fourth-order valence-electron chi connectivity index (χ4n) is 2.87. The lowest BCUT2D eigenvalue weighted by Crippen LogP contribution is -2.21. The molecule has 0 atom stereocenters. The number of anilines is 2. The number of benzene rings is 2. The molecule has 0 heterocycles. The van der Waals surface area contributed by atoms with Gasteiger partial charge in [-0.3, -0.25) is 10.0 Å². The number of hydrogen-bond donors (Lipinski definition) is 3. The van der Waals surface area contributed by atoms with Gasteiger partial charge < -0.3 is 10.2 Å². The maximum Gasteiger partial charge on any atom is 0.267 e. The molecule has 0 aliphatic carbocycles. The van der Waals surface area contributed by atoms with Crippen molar-refractivity contribution in [2.45, 2.75) is 27.3 Å². The molecule has 0 aliphatic rings. The summed E-state index contributed by atoms with van der Waals surface area (Å²) < 4.78 is 0. The van der Waals surface area contributed by atoms with Crippen LogP contribution in [-0.2, 0) is 11.3 Å². The normalized spacial score (nSPS) is 11.5. The van der Waals surface area contributed by atoms with Crippen molar-refractivity contribution in [2.75, 3.05) is 23.3 Å². The number of amides is 1. The van der Waals surface area contributed by atoms with Crippen LogP contribution in [0, 0.1) is 0 Å². The summed E-state index contributed by atoms with van der Waals surface area (Å²) in [4.78, 5) is 13.3. The third kappa shape index (κ3) is 6.59. The van der Waals surface area contributed by atoms with Gasteiger partial charge in [0, 0.05) is 37.1 Å². The van der Waals surface area contributed by atoms with E-state index >= 15 is 0 Å². The predicted molar refractivity (Wildman–Crippen MR) is 116 cm³/mol. The van der Waals surface area contributed by atoms with E-state index < -0.39 is 5.91 Å². The Hall–Kier alpha value is -3.05. The van der Waals surface area contributed by atoms with Crippen molar-refractivity contribution in [3.05, 3.63) is 77.4 Å². The van der Waals surface area contributed by atoms with Gasteiger partial charge in [0.25, 0.3) is 5.91 Å². The average Bonchev–Trinajstić information content (AvgIpc) is 2.73. The van der Waals surface area contributed by atoms with Gasteiger partial charge in [-0.25, -0.2) is 5.48 Å². The molecule has 0 saturated carbocycles. The molecule has 0 aliphatic heterocycles. The second-order valence-corrected chi connectivity index (χ2v) is 6.51. The van der Waals surface area contributed by atoms with Gasteiger partial charge in [0.1, 0.15) is 0 Å². The SMILES string of the molecule is CCN(CC)c1ccc(CNc2ccc(/C=C(C)/C=C/C(=O)NO)cc2)cc1. The van der Waals surface area contributed by atoms with Crippen molar-refractivity contribution in [3.63, 3.8) is 0 Å². The van der Waals surface area contributed by atoms with Crippen molar-refractivity contribution < 1.29 is 10.0 Å². The standard InChI is InChI=1S/C23H29N3O2/c1-4-26(5-2)22-13-9-20(10-14-22)17-24-21-11-7-19(8-12-21)16-18(3)6-15-23(27)25-28/h6-16,24,28H,4-5,17H2,1-3H3,(H,25,27)/b15-6+,18-16+. The molecule has 0 radical (unpaired) electrons. The molecule has 0 bridgehead atoms. The summed E-state index contributed by atoms with van der Waals surface area (Å²) in [6, 6.07) is 16.8. The van der Waals surface area contributed by atoms with Gasteiger partial charge in [-0.15, -0.1) is 0 Å². The third-order valence-electron chi connectivity index (χ3n) is 4.47. The number of carbonyl (C=O) groups excluding carboxylic acids is 1. The van der Waals surface area contributed by atoms with Crippen LogP contribution in [0.15, 0.2) is 66.3 Å². The molecule has 0 unspecified atom stereocenters. The molecule has 3 N–H and O–H groups in total. The Kier molecular flexibility index (Phi) is 8.31. The summed E-state index contributed by atoms with van der Waals surface area (Å²) in [6.07, 6.45) is 4.91. The van der Waals surface area contributed by atoms with E-state index in [0.717, 1.165) is 36.5 Å². The largest absolute Gasteiger partial charge is 0.381 e. The molecule has 0 saturated heterocycles. The highest BCUT2D eigenvalue weighted by Crippen LogP contribution is 2.17. The number of rotatable bonds is 9. The Bertz CT molecular complexity index is 805. The molecular weight excluding hydrogens is 350 g/mol. The Morgan fingerprint density at radius 3 is 2.21 bits per heavy atom. The van der Waals surface area contributed by atoms with E-state index in [0.29, 0.717) is 0 Å². The minimum Gasteiger partial charge on any atom is -0.381 e. The topological polar surface area (TPSA) is 64.6 Å². The van der Waals surface area contributed by atoms with Crippen LogP contribution in [-0.4, -0.2) is 24.2 Å². The van der Waals surface area contributed by atoms with Crippen LogP contribution < -0.4 is 15.7 Å². The van der Waals surface area contributed by atoms with Gasteiger partial charge in [0.2, 0.25) is 0 Å². The second-order valence-electron chi connectivity index (χ2n) is 6.51. The van der Waals surface area contributed by atoms with E-state index in [1.165, 1.54) is 17.3 Å². The zero-order chi connectivity index (χ0) is 20.4. The summed E-state index contributed by atoms with van der Waals surface area (Å²) >= 11 is 0. The van der Waals surface area contributed by atoms with Crippen molar-refractivity contribution in [3.8, 4) is 0 Å². The maximum atomic E-state index is 11.0. The number of hydroxylamine groups is 1. The van der Waals surface area contributed by atoms with E-state index in [9.17, 15) is 4.79 Å². The monoisotopic (exact) mass is 379 g/mol. The molecule has 5 heteroatoms. The number of hydrogen-bond acceptors (Lipinski definition) is 4. The van der Waals surface area contributed by atoms with Crippen LogP contribution in [0.3, 0.4) is 0 Å². The van der Waals surface area contributed by atoms with Crippen LogP contribution in [0.2, 0.25) is 0 Å². The van der Waals surface area contributed by atoms with Crippen molar-refractivity contribution in [2.24, 2.45) is 0 Å². The second kappa shape index (κ2) is 10.9. The van der Waals surface area contributed by atoms with E-state index in [1.54, 1.807) is 11.6 Å². The highest BCUT2D eigenvalue weighted by Gasteiger charge is 2.01. The molecule has 148 valence electrons. The number of allylic oxidation sites excluding steroid dienone is 2. The maximum absolute atomic E-state index is 11.0. The first kappa shape index (κ1) is 21.3. The van der Waals surface area contributed by atoms with Gasteiger partial charge in [-0.05, 0) is 56.2 Å². The van der Waals surface area contributed by atoms with Crippen molar-refractivity contribution in [1.29, 1.82) is 0 Å². The van der Waals surface area contributed by atoms with E-state index in [2.05, 4.69) is 48.3 Å². The Balaban J connectivity index is 1.92. The van der Waals surface area contributed by atoms with Gasteiger partial charge in [-0.2, -0.15) is 0 Å². The van der Waals surface area contributed by atoms with Crippen LogP contribution in [0.25, 0.3) is 6.08 Å². The van der Waals surface area contributed by atoms with Crippen molar-refractivity contribution >= 4 is 23.4 Å². The third-order valence-corrected chi connectivity index (χ3v) is 4.47.